The molecule has 1 aliphatic heterocycles. The van der Waals surface area contributed by atoms with Crippen molar-refractivity contribution in [3.63, 3.8) is 0 Å². The first-order chi connectivity index (χ1) is 7.81. The molecule has 0 spiro atoms. The molecule has 1 aromatic heterocycles. The molecule has 1 atom stereocenters. The van der Waals surface area contributed by atoms with Gasteiger partial charge >= 0.3 is 0 Å². The van der Waals surface area contributed by atoms with Crippen LogP contribution in [0.5, 0.6) is 0 Å². The number of hydrazine groups is 1. The Balaban J connectivity index is 2.25. The molecule has 0 aromatic carbocycles. The standard InChI is InChI=1S/C12H17N3O/c1-9-6-10(8-14-7-9)12(15-13)11-4-2-3-5-16-11/h4,6-8,12,15H,2-3,5,13H2,1H3. The number of aromatic nitrogens is 1. The summed E-state index contributed by atoms with van der Waals surface area (Å²) in [6, 6.07) is 1.98. The van der Waals surface area contributed by atoms with Crippen LogP contribution in [0, 0.1) is 6.92 Å². The van der Waals surface area contributed by atoms with Crippen molar-refractivity contribution in [2.24, 2.45) is 5.84 Å². The molecule has 16 heavy (non-hydrogen) atoms. The second-order valence-corrected chi connectivity index (χ2v) is 3.99. The second-order valence-electron chi connectivity index (χ2n) is 3.99. The third-order valence-electron chi connectivity index (χ3n) is 2.64. The molecule has 86 valence electrons. The number of aryl methyl sites for hydroxylation is 1. The van der Waals surface area contributed by atoms with Crippen LogP contribution in [-0.4, -0.2) is 11.6 Å². The first kappa shape index (κ1) is 11.1. The lowest BCUT2D eigenvalue weighted by atomic mass is 10.0. The topological polar surface area (TPSA) is 60.2 Å². The van der Waals surface area contributed by atoms with Crippen molar-refractivity contribution >= 4 is 0 Å². The number of nitrogens with zero attached hydrogens (tertiary/aromatic N) is 1. The van der Waals surface area contributed by atoms with E-state index in [0.29, 0.717) is 0 Å². The quantitative estimate of drug-likeness (QED) is 0.598. The highest BCUT2D eigenvalue weighted by Gasteiger charge is 2.18. The second kappa shape index (κ2) is 5.09. The molecular weight excluding hydrogens is 202 g/mol. The van der Waals surface area contributed by atoms with E-state index >= 15 is 0 Å². The van der Waals surface area contributed by atoms with Crippen molar-refractivity contribution in [2.45, 2.75) is 25.8 Å². The van der Waals surface area contributed by atoms with E-state index in [-0.39, 0.29) is 6.04 Å². The van der Waals surface area contributed by atoms with Crippen molar-refractivity contribution in [3.8, 4) is 0 Å². The Bertz CT molecular complexity index is 390. The Morgan fingerprint density at radius 2 is 2.38 bits per heavy atom. The average Bonchev–Trinajstić information content (AvgIpc) is 2.31. The molecule has 4 nitrogen and oxygen atoms in total. The summed E-state index contributed by atoms with van der Waals surface area (Å²) >= 11 is 0. The molecule has 1 aromatic rings. The van der Waals surface area contributed by atoms with Crippen molar-refractivity contribution in [1.29, 1.82) is 0 Å². The normalized spacial score (nSPS) is 17.5. The SMILES string of the molecule is Cc1cncc(C(NN)C2=CCCCO2)c1. The van der Waals surface area contributed by atoms with Crippen LogP contribution < -0.4 is 11.3 Å². The van der Waals surface area contributed by atoms with Crippen molar-refractivity contribution in [3.05, 3.63) is 41.4 Å². The summed E-state index contributed by atoms with van der Waals surface area (Å²) in [5.74, 6) is 6.49. The van der Waals surface area contributed by atoms with E-state index in [1.54, 1.807) is 0 Å². The van der Waals surface area contributed by atoms with Crippen LogP contribution in [-0.2, 0) is 4.74 Å². The van der Waals surface area contributed by atoms with E-state index in [1.807, 2.05) is 19.3 Å². The van der Waals surface area contributed by atoms with Gasteiger partial charge in [0.25, 0.3) is 0 Å². The first-order valence-electron chi connectivity index (χ1n) is 5.52. The summed E-state index contributed by atoms with van der Waals surface area (Å²) < 4.78 is 5.62. The summed E-state index contributed by atoms with van der Waals surface area (Å²) in [6.07, 6.45) is 7.86. The number of hydrogen-bond acceptors (Lipinski definition) is 4. The molecule has 0 fully saturated rings. The van der Waals surface area contributed by atoms with E-state index in [4.69, 9.17) is 10.6 Å². The van der Waals surface area contributed by atoms with Crippen LogP contribution in [0.25, 0.3) is 0 Å². The summed E-state index contributed by atoms with van der Waals surface area (Å²) in [5.41, 5.74) is 4.94. The van der Waals surface area contributed by atoms with Gasteiger partial charge in [0.1, 0.15) is 11.8 Å². The Hall–Kier alpha value is -1.39. The fraction of sp³-hybridized carbons (Fsp3) is 0.417. The van der Waals surface area contributed by atoms with E-state index in [0.717, 1.165) is 36.3 Å². The largest absolute Gasteiger partial charge is 0.496 e. The zero-order chi connectivity index (χ0) is 11.4. The molecule has 2 heterocycles. The minimum atomic E-state index is -0.0901. The summed E-state index contributed by atoms with van der Waals surface area (Å²) in [5, 5.41) is 0. The van der Waals surface area contributed by atoms with Gasteiger partial charge in [-0.1, -0.05) is 6.07 Å². The Kier molecular flexibility index (Phi) is 3.54. The van der Waals surface area contributed by atoms with Crippen LogP contribution in [0.3, 0.4) is 0 Å². The van der Waals surface area contributed by atoms with Crippen molar-refractivity contribution in [2.75, 3.05) is 6.61 Å². The smallest absolute Gasteiger partial charge is 0.115 e. The maximum atomic E-state index is 5.62. The molecule has 1 aliphatic rings. The van der Waals surface area contributed by atoms with Crippen LogP contribution >= 0.6 is 0 Å². The van der Waals surface area contributed by atoms with Crippen molar-refractivity contribution in [1.82, 2.24) is 10.4 Å². The molecule has 0 aliphatic carbocycles. The lowest BCUT2D eigenvalue weighted by molar-refractivity contribution is 0.168. The van der Waals surface area contributed by atoms with E-state index in [2.05, 4.69) is 22.6 Å². The van der Waals surface area contributed by atoms with Gasteiger partial charge in [0.2, 0.25) is 0 Å². The van der Waals surface area contributed by atoms with Gasteiger partial charge in [0, 0.05) is 12.4 Å². The molecule has 0 saturated carbocycles. The predicted octanol–water partition coefficient (Wildman–Crippen LogP) is 1.59. The third-order valence-corrected chi connectivity index (χ3v) is 2.64. The molecule has 0 bridgehead atoms. The lowest BCUT2D eigenvalue weighted by Gasteiger charge is -2.23. The van der Waals surface area contributed by atoms with Gasteiger partial charge in [0.05, 0.1) is 6.61 Å². The maximum Gasteiger partial charge on any atom is 0.115 e. The lowest BCUT2D eigenvalue weighted by Crippen LogP contribution is -2.31. The molecule has 4 heteroatoms. The van der Waals surface area contributed by atoms with Gasteiger partial charge in [0.15, 0.2) is 0 Å². The first-order valence-corrected chi connectivity index (χ1v) is 5.52. The summed E-state index contributed by atoms with van der Waals surface area (Å²) in [6.45, 7) is 2.78. The number of nitrogens with two attached hydrogens (primary N) is 1. The average molecular weight is 219 g/mol. The Labute approximate surface area is 95.5 Å². The highest BCUT2D eigenvalue weighted by Crippen LogP contribution is 2.25. The summed E-state index contributed by atoms with van der Waals surface area (Å²) in [7, 11) is 0. The van der Waals surface area contributed by atoms with E-state index in [9.17, 15) is 0 Å². The molecule has 3 N–H and O–H groups in total. The highest BCUT2D eigenvalue weighted by atomic mass is 16.5. The fourth-order valence-corrected chi connectivity index (χ4v) is 1.86. The van der Waals surface area contributed by atoms with Crippen LogP contribution in [0.15, 0.2) is 30.3 Å². The van der Waals surface area contributed by atoms with Crippen LogP contribution in [0.1, 0.15) is 30.0 Å². The highest BCUT2D eigenvalue weighted by molar-refractivity contribution is 5.26. The predicted molar refractivity (Wildman–Crippen MR) is 62.3 cm³/mol. The molecular formula is C12H17N3O. The van der Waals surface area contributed by atoms with Crippen LogP contribution in [0.2, 0.25) is 0 Å². The number of rotatable bonds is 3. The third kappa shape index (κ3) is 2.40. The Morgan fingerprint density at radius 1 is 1.50 bits per heavy atom. The van der Waals surface area contributed by atoms with Gasteiger partial charge in [-0.3, -0.25) is 10.8 Å². The monoisotopic (exact) mass is 219 g/mol. The molecule has 2 rings (SSSR count). The van der Waals surface area contributed by atoms with Gasteiger partial charge in [-0.05, 0) is 37.0 Å². The zero-order valence-electron chi connectivity index (χ0n) is 9.44. The number of ether oxygens (including phenoxy) is 1. The van der Waals surface area contributed by atoms with Gasteiger partial charge in [-0.2, -0.15) is 0 Å². The molecule has 0 radical (unpaired) electrons. The molecule has 0 saturated heterocycles. The van der Waals surface area contributed by atoms with Gasteiger partial charge in [-0.25, -0.2) is 5.43 Å². The number of pyridine rings is 1. The number of allylic oxidation sites excluding steroid dienone is 1. The summed E-state index contributed by atoms with van der Waals surface area (Å²) in [4.78, 5) is 4.17. The van der Waals surface area contributed by atoms with E-state index < -0.39 is 0 Å². The van der Waals surface area contributed by atoms with Gasteiger partial charge in [-0.15, -0.1) is 0 Å². The van der Waals surface area contributed by atoms with Gasteiger partial charge < -0.3 is 4.74 Å². The number of hydrogen-bond donors (Lipinski definition) is 2. The minimum Gasteiger partial charge on any atom is -0.496 e. The zero-order valence-corrected chi connectivity index (χ0v) is 9.44. The number of nitrogens with one attached hydrogen (secondary N) is 1. The Morgan fingerprint density at radius 3 is 3.00 bits per heavy atom. The molecule has 1 unspecified atom stereocenters. The molecule has 0 amide bonds. The van der Waals surface area contributed by atoms with Crippen LogP contribution in [0.4, 0.5) is 0 Å². The maximum absolute atomic E-state index is 5.62. The minimum absolute atomic E-state index is 0.0901. The van der Waals surface area contributed by atoms with Crippen molar-refractivity contribution < 1.29 is 4.74 Å². The van der Waals surface area contributed by atoms with E-state index in [1.165, 1.54) is 0 Å². The fourth-order valence-electron chi connectivity index (χ4n) is 1.86.